The molecule has 0 aliphatic rings. The van der Waals surface area contributed by atoms with E-state index in [2.05, 4.69) is 29.8 Å². The van der Waals surface area contributed by atoms with Gasteiger partial charge in [-0.2, -0.15) is 0 Å². The average Bonchev–Trinajstić information content (AvgIpc) is 2.96. The molecule has 0 aliphatic carbocycles. The Morgan fingerprint density at radius 1 is 1.19 bits per heavy atom. The number of para-hydroxylation sites is 2. The largest absolute Gasteiger partial charge is 0.351 e. The second-order valence-corrected chi connectivity index (χ2v) is 7.89. The Morgan fingerprint density at radius 2 is 1.92 bits per heavy atom. The number of benzene rings is 2. The van der Waals surface area contributed by atoms with Gasteiger partial charge in [0.05, 0.1) is 16.8 Å². The highest BCUT2D eigenvalue weighted by Crippen LogP contribution is 2.25. The first kappa shape index (κ1) is 18.8. The van der Waals surface area contributed by atoms with Gasteiger partial charge in [-0.15, -0.1) is 0 Å². The van der Waals surface area contributed by atoms with Crippen LogP contribution in [0.4, 0.5) is 0 Å². The summed E-state index contributed by atoms with van der Waals surface area (Å²) in [5.41, 5.74) is 2.99. The van der Waals surface area contributed by atoms with Crippen LogP contribution in [0.1, 0.15) is 19.4 Å². The topological polar surface area (TPSA) is 46.9 Å². The molecule has 2 aromatic carbocycles. The zero-order chi connectivity index (χ0) is 18.5. The fourth-order valence-corrected chi connectivity index (χ4v) is 3.78. The lowest BCUT2D eigenvalue weighted by molar-refractivity contribution is -0.118. The highest BCUT2D eigenvalue weighted by Gasteiger charge is 2.14. The zero-order valence-corrected chi connectivity index (χ0v) is 16.5. The van der Waals surface area contributed by atoms with Crippen LogP contribution in [-0.2, 0) is 17.9 Å². The van der Waals surface area contributed by atoms with Gasteiger partial charge in [-0.05, 0) is 29.7 Å². The Morgan fingerprint density at radius 3 is 2.69 bits per heavy atom. The molecule has 3 rings (SSSR count). The Labute approximate surface area is 163 Å². The van der Waals surface area contributed by atoms with Gasteiger partial charge in [-0.1, -0.05) is 67.5 Å². The van der Waals surface area contributed by atoms with Crippen molar-refractivity contribution in [2.45, 2.75) is 32.1 Å². The van der Waals surface area contributed by atoms with Crippen LogP contribution >= 0.6 is 23.4 Å². The maximum absolute atomic E-state index is 12.2. The van der Waals surface area contributed by atoms with Gasteiger partial charge < -0.3 is 9.88 Å². The van der Waals surface area contributed by atoms with Crippen LogP contribution in [0.5, 0.6) is 0 Å². The van der Waals surface area contributed by atoms with Crippen LogP contribution < -0.4 is 5.32 Å². The first-order valence-electron chi connectivity index (χ1n) is 8.62. The maximum Gasteiger partial charge on any atom is 0.230 e. The molecule has 0 radical (unpaired) electrons. The summed E-state index contributed by atoms with van der Waals surface area (Å²) in [6, 6.07) is 15.6. The van der Waals surface area contributed by atoms with Gasteiger partial charge in [0.2, 0.25) is 5.91 Å². The number of hydrogen-bond acceptors (Lipinski definition) is 3. The fourth-order valence-electron chi connectivity index (χ4n) is 2.72. The molecule has 3 aromatic rings. The van der Waals surface area contributed by atoms with Gasteiger partial charge in [0.1, 0.15) is 0 Å². The van der Waals surface area contributed by atoms with Crippen molar-refractivity contribution < 1.29 is 4.79 Å². The van der Waals surface area contributed by atoms with E-state index >= 15 is 0 Å². The fraction of sp³-hybridized carbons (Fsp3) is 0.300. The quantitative estimate of drug-likeness (QED) is 0.595. The van der Waals surface area contributed by atoms with E-state index in [0.29, 0.717) is 23.2 Å². The normalized spacial score (nSPS) is 11.2. The zero-order valence-electron chi connectivity index (χ0n) is 14.9. The third kappa shape index (κ3) is 4.59. The number of aromatic nitrogens is 2. The van der Waals surface area contributed by atoms with Crippen molar-refractivity contribution in [1.82, 2.24) is 14.9 Å². The summed E-state index contributed by atoms with van der Waals surface area (Å²) in [7, 11) is 0. The molecule has 0 saturated heterocycles. The molecule has 1 N–H and O–H groups in total. The minimum absolute atomic E-state index is 0.0296. The van der Waals surface area contributed by atoms with Crippen LogP contribution in [0.3, 0.4) is 0 Å². The summed E-state index contributed by atoms with van der Waals surface area (Å²) in [5.74, 6) is 0.797. The molecule has 0 aliphatic heterocycles. The first-order valence-corrected chi connectivity index (χ1v) is 9.99. The molecule has 26 heavy (non-hydrogen) atoms. The molecule has 0 spiro atoms. The number of rotatable bonds is 7. The van der Waals surface area contributed by atoms with Crippen molar-refractivity contribution in [1.29, 1.82) is 0 Å². The van der Waals surface area contributed by atoms with Gasteiger partial charge in [0, 0.05) is 18.1 Å². The van der Waals surface area contributed by atoms with E-state index in [1.54, 1.807) is 0 Å². The first-order chi connectivity index (χ1) is 12.5. The van der Waals surface area contributed by atoms with E-state index in [4.69, 9.17) is 16.6 Å². The van der Waals surface area contributed by atoms with Crippen LogP contribution in [0.15, 0.2) is 53.7 Å². The van der Waals surface area contributed by atoms with Crippen LogP contribution in [0, 0.1) is 5.92 Å². The van der Waals surface area contributed by atoms with Gasteiger partial charge in [0.15, 0.2) is 5.16 Å². The number of carbonyl (C=O) groups is 1. The van der Waals surface area contributed by atoms with Crippen molar-refractivity contribution in [2.24, 2.45) is 5.92 Å². The molecule has 0 atom stereocenters. The maximum atomic E-state index is 12.2. The number of amides is 1. The summed E-state index contributed by atoms with van der Waals surface area (Å²) in [5, 5.41) is 4.47. The highest BCUT2D eigenvalue weighted by molar-refractivity contribution is 7.99. The van der Waals surface area contributed by atoms with Crippen molar-refractivity contribution in [2.75, 3.05) is 5.75 Å². The van der Waals surface area contributed by atoms with E-state index in [-0.39, 0.29) is 5.91 Å². The predicted molar refractivity (Wildman–Crippen MR) is 109 cm³/mol. The number of halogens is 1. The van der Waals surface area contributed by atoms with Crippen molar-refractivity contribution in [3.8, 4) is 0 Å². The molecule has 1 heterocycles. The lowest BCUT2D eigenvalue weighted by atomic mass is 10.2. The minimum Gasteiger partial charge on any atom is -0.351 e. The number of nitrogens with zero attached hydrogens (tertiary/aromatic N) is 2. The highest BCUT2D eigenvalue weighted by atomic mass is 35.5. The third-order valence-corrected chi connectivity index (χ3v) is 5.28. The molecule has 6 heteroatoms. The Bertz CT molecular complexity index is 907. The summed E-state index contributed by atoms with van der Waals surface area (Å²) in [6.45, 7) is 5.67. The third-order valence-electron chi connectivity index (χ3n) is 3.93. The predicted octanol–water partition coefficient (Wildman–Crippen LogP) is 4.75. The standard InChI is InChI=1S/C20H22ClN3OS/c1-14(2)12-24-18-10-6-5-9-17(18)23-20(24)26-13-19(25)22-11-15-7-3-4-8-16(15)21/h3-10,14H,11-13H2,1-2H3,(H,22,25). The van der Waals surface area contributed by atoms with Gasteiger partial charge in [-0.25, -0.2) is 4.98 Å². The van der Waals surface area contributed by atoms with Crippen LogP contribution in [0.2, 0.25) is 5.02 Å². The van der Waals surface area contributed by atoms with E-state index in [1.165, 1.54) is 11.8 Å². The monoisotopic (exact) mass is 387 g/mol. The molecule has 0 bridgehead atoms. The van der Waals surface area contributed by atoms with E-state index in [0.717, 1.165) is 28.3 Å². The van der Waals surface area contributed by atoms with E-state index in [9.17, 15) is 4.79 Å². The summed E-state index contributed by atoms with van der Waals surface area (Å²) in [4.78, 5) is 16.9. The van der Waals surface area contributed by atoms with Crippen molar-refractivity contribution in [3.63, 3.8) is 0 Å². The lowest BCUT2D eigenvalue weighted by Crippen LogP contribution is -2.25. The second kappa shape index (κ2) is 8.60. The molecule has 1 aromatic heterocycles. The number of imidazole rings is 1. The molecule has 136 valence electrons. The number of nitrogens with one attached hydrogen (secondary N) is 1. The molecule has 4 nitrogen and oxygen atoms in total. The molecule has 0 fully saturated rings. The molecular formula is C20H22ClN3OS. The molecule has 0 saturated carbocycles. The van der Waals surface area contributed by atoms with Gasteiger partial charge in [0.25, 0.3) is 0 Å². The van der Waals surface area contributed by atoms with Crippen molar-refractivity contribution in [3.05, 3.63) is 59.1 Å². The van der Waals surface area contributed by atoms with Gasteiger partial charge >= 0.3 is 0 Å². The summed E-state index contributed by atoms with van der Waals surface area (Å²) < 4.78 is 2.20. The Kier molecular flexibility index (Phi) is 6.22. The summed E-state index contributed by atoms with van der Waals surface area (Å²) >= 11 is 7.59. The van der Waals surface area contributed by atoms with Crippen LogP contribution in [-0.4, -0.2) is 21.2 Å². The Balaban J connectivity index is 1.65. The smallest absolute Gasteiger partial charge is 0.230 e. The molecular weight excluding hydrogens is 366 g/mol. The second-order valence-electron chi connectivity index (χ2n) is 6.54. The number of thioether (sulfide) groups is 1. The Hall–Kier alpha value is -1.98. The van der Waals surface area contributed by atoms with Gasteiger partial charge in [-0.3, -0.25) is 4.79 Å². The number of hydrogen-bond donors (Lipinski definition) is 1. The molecule has 1 amide bonds. The van der Waals surface area contributed by atoms with Crippen molar-refractivity contribution >= 4 is 40.3 Å². The van der Waals surface area contributed by atoms with E-state index in [1.807, 2.05) is 42.5 Å². The van der Waals surface area contributed by atoms with E-state index < -0.39 is 0 Å². The summed E-state index contributed by atoms with van der Waals surface area (Å²) in [6.07, 6.45) is 0. The lowest BCUT2D eigenvalue weighted by Gasteiger charge is -2.11. The minimum atomic E-state index is -0.0296. The SMILES string of the molecule is CC(C)Cn1c(SCC(=O)NCc2ccccc2Cl)nc2ccccc21. The molecule has 0 unspecified atom stereocenters. The number of carbonyl (C=O) groups excluding carboxylic acids is 1. The van der Waals surface area contributed by atoms with Crippen LogP contribution in [0.25, 0.3) is 11.0 Å². The average molecular weight is 388 g/mol. The number of fused-ring (bicyclic) bond motifs is 1.